The Balaban J connectivity index is 1.48. The van der Waals surface area contributed by atoms with Crippen LogP contribution in [0.3, 0.4) is 0 Å². The van der Waals surface area contributed by atoms with Gasteiger partial charge in [-0.15, -0.1) is 0 Å². The van der Waals surface area contributed by atoms with Gasteiger partial charge in [-0.05, 0) is 197 Å². The maximum Gasteiger partial charge on any atom is 0.339 e. The van der Waals surface area contributed by atoms with Gasteiger partial charge in [0, 0.05) is 0 Å². The molecule has 0 saturated carbocycles. The predicted octanol–water partition coefficient (Wildman–Crippen LogP) is 14.8. The highest BCUT2D eigenvalue weighted by molar-refractivity contribution is 6.56. The van der Waals surface area contributed by atoms with Crippen molar-refractivity contribution in [2.24, 2.45) is 0 Å². The molecule has 0 amide bonds. The number of ether oxygens (including phenoxy) is 2. The highest BCUT2D eigenvalue weighted by Crippen LogP contribution is 2.60. The van der Waals surface area contributed by atoms with Gasteiger partial charge in [-0.25, -0.2) is 9.59 Å². The summed E-state index contributed by atoms with van der Waals surface area (Å²) in [5, 5.41) is 20.2. The zero-order valence-electron chi connectivity index (χ0n) is 35.1. The molecule has 60 heavy (non-hydrogen) atoms. The minimum absolute atomic E-state index is 0.178. The summed E-state index contributed by atoms with van der Waals surface area (Å²) in [6.07, 6.45) is 0. The van der Waals surface area contributed by atoms with Crippen LogP contribution in [-0.2, 0) is 9.47 Å². The van der Waals surface area contributed by atoms with E-state index in [0.29, 0.717) is 10.8 Å². The van der Waals surface area contributed by atoms with Crippen LogP contribution in [0.5, 0.6) is 0 Å². The average molecular weight is 779 g/mol. The molecule has 0 radical (unpaired) electrons. The van der Waals surface area contributed by atoms with Crippen molar-refractivity contribution in [1.82, 2.24) is 0 Å². The summed E-state index contributed by atoms with van der Waals surface area (Å²) in [7, 11) is 0. The maximum absolute atomic E-state index is 14.4. The molecule has 0 aliphatic heterocycles. The van der Waals surface area contributed by atoms with Gasteiger partial charge >= 0.3 is 11.9 Å². The van der Waals surface area contributed by atoms with Gasteiger partial charge in [0.2, 0.25) is 0 Å². The fourth-order valence-corrected chi connectivity index (χ4v) is 12.1. The van der Waals surface area contributed by atoms with Crippen LogP contribution in [-0.4, -0.2) is 25.2 Å². The number of benzene rings is 12. The molecule has 0 fully saturated rings. The summed E-state index contributed by atoms with van der Waals surface area (Å²) < 4.78 is 11.7. The second kappa shape index (κ2) is 11.9. The minimum atomic E-state index is -0.521. The van der Waals surface area contributed by atoms with Gasteiger partial charge in [0.15, 0.2) is 0 Å². The molecular formula is C56H42O4. The third-order valence-electron chi connectivity index (χ3n) is 13.8. The standard InChI is InChI=1S/C56H42O4/c1-9-59-55(57)51-37-19-17-35-43(39-27(5)21-25(3)22-28(39)6)33-15-13-31-11-12-32-14-16-34-44(40-29(7)23-26(4)24-30(40)8)36-18-20-38(52(51)56(58)60-10-2)48-47(37)49(35)53-45(33)41(31)42(32)46(34)54(53)50(36)48/h11-24H,9-10H2,1-8H3. The molecule has 0 bridgehead atoms. The van der Waals surface area contributed by atoms with Gasteiger partial charge in [0.05, 0.1) is 24.3 Å². The lowest BCUT2D eigenvalue weighted by molar-refractivity contribution is 0.0482. The Morgan fingerprint density at radius 1 is 0.367 bits per heavy atom. The zero-order chi connectivity index (χ0) is 41.2. The molecule has 0 atom stereocenters. The van der Waals surface area contributed by atoms with E-state index in [1.807, 2.05) is 13.8 Å². The number of hydrogen-bond acceptors (Lipinski definition) is 4. The zero-order valence-corrected chi connectivity index (χ0v) is 35.1. The first kappa shape index (κ1) is 35.2. The largest absolute Gasteiger partial charge is 0.462 e. The van der Waals surface area contributed by atoms with E-state index in [0.717, 1.165) is 32.3 Å². The molecule has 4 heteroatoms. The van der Waals surface area contributed by atoms with E-state index in [1.54, 1.807) is 0 Å². The van der Waals surface area contributed by atoms with Crippen molar-refractivity contribution < 1.29 is 19.1 Å². The van der Waals surface area contributed by atoms with Crippen LogP contribution in [0.4, 0.5) is 0 Å². The molecule has 0 aliphatic carbocycles. The Kier molecular flexibility index (Phi) is 6.99. The molecule has 290 valence electrons. The highest BCUT2D eigenvalue weighted by atomic mass is 16.5. The Morgan fingerprint density at radius 3 is 1.00 bits per heavy atom. The van der Waals surface area contributed by atoms with Crippen molar-refractivity contribution in [3.05, 3.63) is 129 Å². The first-order valence-corrected chi connectivity index (χ1v) is 21.2. The summed E-state index contributed by atoms with van der Waals surface area (Å²) >= 11 is 0. The molecule has 12 aromatic rings. The van der Waals surface area contributed by atoms with E-state index in [2.05, 4.69) is 126 Å². The van der Waals surface area contributed by atoms with Gasteiger partial charge in [-0.1, -0.05) is 96.1 Å². The van der Waals surface area contributed by atoms with E-state index >= 15 is 0 Å². The lowest BCUT2D eigenvalue weighted by atomic mass is 9.72. The van der Waals surface area contributed by atoms with Crippen LogP contribution in [0.2, 0.25) is 0 Å². The van der Waals surface area contributed by atoms with Gasteiger partial charge in [-0.3, -0.25) is 0 Å². The van der Waals surface area contributed by atoms with Crippen LogP contribution >= 0.6 is 0 Å². The summed E-state index contributed by atoms with van der Waals surface area (Å²) in [6, 6.07) is 31.6. The lowest BCUT2D eigenvalue weighted by Crippen LogP contribution is -2.16. The topological polar surface area (TPSA) is 52.6 Å². The quantitative estimate of drug-likeness (QED) is 0.0958. The summed E-state index contributed by atoms with van der Waals surface area (Å²) in [4.78, 5) is 28.9. The monoisotopic (exact) mass is 778 g/mol. The van der Waals surface area contributed by atoms with E-state index in [9.17, 15) is 9.59 Å². The number of hydrogen-bond donors (Lipinski definition) is 0. The summed E-state index contributed by atoms with van der Waals surface area (Å²) in [6.45, 7) is 17.2. The van der Waals surface area contributed by atoms with Gasteiger partial charge in [0.25, 0.3) is 0 Å². The van der Waals surface area contributed by atoms with E-state index in [4.69, 9.17) is 9.47 Å². The third kappa shape index (κ3) is 4.16. The fourth-order valence-electron chi connectivity index (χ4n) is 12.1. The van der Waals surface area contributed by atoms with Gasteiger partial charge in [0.1, 0.15) is 0 Å². The Morgan fingerprint density at radius 2 is 0.650 bits per heavy atom. The van der Waals surface area contributed by atoms with Crippen LogP contribution in [0, 0.1) is 41.5 Å². The Labute approximate surface area is 347 Å². The molecule has 4 nitrogen and oxygen atoms in total. The van der Waals surface area contributed by atoms with Crippen LogP contribution in [0.25, 0.3) is 119 Å². The molecule has 0 aromatic heterocycles. The van der Waals surface area contributed by atoms with Crippen molar-refractivity contribution in [3.63, 3.8) is 0 Å². The van der Waals surface area contributed by atoms with E-state index in [-0.39, 0.29) is 24.3 Å². The molecule has 0 aliphatic rings. The molecule has 0 unspecified atom stereocenters. The second-order valence-electron chi connectivity index (χ2n) is 17.3. The van der Waals surface area contributed by atoms with Crippen LogP contribution in [0.15, 0.2) is 84.9 Å². The molecule has 0 spiro atoms. The number of carbonyl (C=O) groups excluding carboxylic acids is 2. The molecular weight excluding hydrogens is 737 g/mol. The first-order valence-electron chi connectivity index (χ1n) is 21.2. The van der Waals surface area contributed by atoms with Crippen LogP contribution < -0.4 is 0 Å². The Hall–Kier alpha value is -6.78. The molecule has 12 rings (SSSR count). The number of aryl methyl sites for hydroxylation is 6. The third-order valence-corrected chi connectivity index (χ3v) is 13.8. The molecule has 0 heterocycles. The highest BCUT2D eigenvalue weighted by Gasteiger charge is 2.35. The molecule has 0 N–H and O–H groups in total. The van der Waals surface area contributed by atoms with Crippen LogP contribution in [0.1, 0.15) is 67.9 Å². The number of esters is 2. The SMILES string of the molecule is CCOC(=O)c1c(C(=O)OCC)c2ccc3c(-c4c(C)cc(C)cc4C)c4ccc5ccc6ccc7c(-c8c(C)cc(C)cc8C)c8ccc1c1c2c3c2c4c5c6c7c2c81. The van der Waals surface area contributed by atoms with Gasteiger partial charge < -0.3 is 9.47 Å². The smallest absolute Gasteiger partial charge is 0.339 e. The second-order valence-corrected chi connectivity index (χ2v) is 17.3. The summed E-state index contributed by atoms with van der Waals surface area (Å²) in [5.41, 5.74) is 12.8. The summed E-state index contributed by atoms with van der Waals surface area (Å²) in [5.74, 6) is -1.04. The first-order chi connectivity index (χ1) is 29.0. The lowest BCUT2D eigenvalue weighted by Gasteiger charge is -2.30. The number of carbonyl (C=O) groups is 2. The van der Waals surface area contributed by atoms with Crippen molar-refractivity contribution in [2.45, 2.75) is 55.4 Å². The molecule has 0 saturated heterocycles. The normalized spacial score (nSPS) is 12.6. The van der Waals surface area contributed by atoms with Crippen molar-refractivity contribution >= 4 is 109 Å². The van der Waals surface area contributed by atoms with E-state index < -0.39 is 11.9 Å². The predicted molar refractivity (Wildman–Crippen MR) is 251 cm³/mol. The maximum atomic E-state index is 14.4. The Bertz CT molecular complexity index is 3530. The average Bonchev–Trinajstić information content (AvgIpc) is 3.21. The van der Waals surface area contributed by atoms with Crippen molar-refractivity contribution in [1.29, 1.82) is 0 Å². The minimum Gasteiger partial charge on any atom is -0.462 e. The van der Waals surface area contributed by atoms with E-state index in [1.165, 1.54) is 109 Å². The van der Waals surface area contributed by atoms with Gasteiger partial charge in [-0.2, -0.15) is 0 Å². The fraction of sp³-hybridized carbons (Fsp3) is 0.179. The molecule has 12 aromatic carbocycles. The van der Waals surface area contributed by atoms with Crippen molar-refractivity contribution in [2.75, 3.05) is 13.2 Å². The number of rotatable bonds is 6. The van der Waals surface area contributed by atoms with Crippen molar-refractivity contribution in [3.8, 4) is 22.3 Å².